The van der Waals surface area contributed by atoms with E-state index in [4.69, 9.17) is 0 Å². The summed E-state index contributed by atoms with van der Waals surface area (Å²) in [4.78, 5) is 0. The van der Waals surface area contributed by atoms with Crippen molar-refractivity contribution in [3.05, 3.63) is 113 Å². The van der Waals surface area contributed by atoms with Gasteiger partial charge in [0.1, 0.15) is 34.9 Å². The summed E-state index contributed by atoms with van der Waals surface area (Å²) in [5.74, 6) is -3.35. The van der Waals surface area contributed by atoms with Crippen molar-refractivity contribution in [2.24, 2.45) is 7.05 Å². The molecule has 0 unspecified atom stereocenters. The first-order chi connectivity index (χ1) is 18.3. The van der Waals surface area contributed by atoms with E-state index in [1.807, 2.05) is 41.9 Å². The van der Waals surface area contributed by atoms with Gasteiger partial charge in [-0.15, -0.1) is 0 Å². The van der Waals surface area contributed by atoms with E-state index in [2.05, 4.69) is 11.2 Å². The molecule has 0 aliphatic heterocycles. The van der Waals surface area contributed by atoms with Gasteiger partial charge < -0.3 is 4.57 Å². The van der Waals surface area contributed by atoms with Crippen LogP contribution >= 0.6 is 0 Å². The van der Waals surface area contributed by atoms with Gasteiger partial charge in [-0.1, -0.05) is 36.4 Å². The second-order valence-electron chi connectivity index (χ2n) is 9.04. The van der Waals surface area contributed by atoms with Crippen LogP contribution in [0.4, 0.5) is 17.6 Å². The zero-order chi connectivity index (χ0) is 26.6. The summed E-state index contributed by atoms with van der Waals surface area (Å²) in [5, 5.41) is 15.5. The van der Waals surface area contributed by atoms with Gasteiger partial charge in [0.2, 0.25) is 0 Å². The number of hydrogen-bond donors (Lipinski definition) is 0. The molecule has 0 radical (unpaired) electrons. The summed E-state index contributed by atoms with van der Waals surface area (Å²) >= 11 is 0. The second-order valence-corrected chi connectivity index (χ2v) is 9.04. The molecule has 0 atom stereocenters. The summed E-state index contributed by atoms with van der Waals surface area (Å²) in [6.07, 6.45) is 0. The number of aromatic nitrogens is 3. The molecule has 186 valence electrons. The fourth-order valence-corrected chi connectivity index (χ4v) is 4.93. The van der Waals surface area contributed by atoms with Crippen LogP contribution in [0, 0.1) is 34.6 Å². The minimum atomic E-state index is -1.02. The third kappa shape index (κ3) is 3.80. The van der Waals surface area contributed by atoms with E-state index >= 15 is 0 Å². The topological polar surface area (TPSA) is 46.5 Å². The predicted octanol–water partition coefficient (Wildman–Crippen LogP) is 7.34. The maximum atomic E-state index is 14.5. The van der Waals surface area contributed by atoms with Crippen molar-refractivity contribution in [2.75, 3.05) is 0 Å². The molecule has 0 saturated heterocycles. The molecule has 6 aromatic rings. The van der Waals surface area contributed by atoms with Crippen molar-refractivity contribution in [3.63, 3.8) is 0 Å². The maximum Gasteiger partial charge on any atom is 0.134 e. The van der Waals surface area contributed by atoms with Gasteiger partial charge in [-0.3, -0.25) is 4.68 Å². The number of nitrogens with zero attached hydrogens (tertiary/aromatic N) is 4. The van der Waals surface area contributed by atoms with Gasteiger partial charge in [-0.2, -0.15) is 10.4 Å². The Morgan fingerprint density at radius 3 is 2.24 bits per heavy atom. The molecule has 8 heteroatoms. The molecule has 6 rings (SSSR count). The Kier molecular flexibility index (Phi) is 5.50. The Bertz CT molecular complexity index is 1890. The van der Waals surface area contributed by atoms with Crippen LogP contribution in [0.1, 0.15) is 11.1 Å². The normalized spacial score (nSPS) is 11.4. The Labute approximate surface area is 214 Å². The largest absolute Gasteiger partial charge is 0.344 e. The Morgan fingerprint density at radius 2 is 1.53 bits per heavy atom. The highest BCUT2D eigenvalue weighted by Gasteiger charge is 2.20. The molecule has 0 aliphatic rings. The molecule has 0 N–H and O–H groups in total. The Balaban J connectivity index is 1.49. The van der Waals surface area contributed by atoms with Crippen molar-refractivity contribution < 1.29 is 17.6 Å². The zero-order valence-corrected chi connectivity index (χ0v) is 20.0. The summed E-state index contributed by atoms with van der Waals surface area (Å²) in [6.45, 7) is -0.302. The molecule has 2 heterocycles. The van der Waals surface area contributed by atoms with Gasteiger partial charge in [0, 0.05) is 52.3 Å². The first-order valence-corrected chi connectivity index (χ1v) is 11.7. The highest BCUT2D eigenvalue weighted by atomic mass is 19.1. The fourth-order valence-electron chi connectivity index (χ4n) is 4.93. The molecule has 4 nitrogen and oxygen atoms in total. The second kappa shape index (κ2) is 8.89. The van der Waals surface area contributed by atoms with Crippen LogP contribution in [0.2, 0.25) is 0 Å². The lowest BCUT2D eigenvalue weighted by Gasteiger charge is -2.11. The number of rotatable bonds is 4. The minimum Gasteiger partial charge on any atom is -0.344 e. The van der Waals surface area contributed by atoms with E-state index in [9.17, 15) is 22.8 Å². The van der Waals surface area contributed by atoms with Crippen LogP contribution in [-0.4, -0.2) is 14.3 Å². The molecular formula is C30H18F4N4. The van der Waals surface area contributed by atoms with E-state index in [0.717, 1.165) is 22.2 Å². The van der Waals surface area contributed by atoms with Crippen molar-refractivity contribution in [2.45, 2.75) is 6.54 Å². The van der Waals surface area contributed by atoms with Gasteiger partial charge in [0.05, 0.1) is 17.8 Å². The van der Waals surface area contributed by atoms with E-state index in [1.165, 1.54) is 16.8 Å². The SMILES string of the molecule is Cn1c(-c2ccc(-c3c4cccc(C#N)c4nn3Cc3c(F)cc(F)cc3F)cc2)cc2cc(F)ccc21. The van der Waals surface area contributed by atoms with Crippen LogP contribution in [0.3, 0.4) is 0 Å². The van der Waals surface area contributed by atoms with Gasteiger partial charge in [0.15, 0.2) is 0 Å². The molecule has 2 aromatic heterocycles. The van der Waals surface area contributed by atoms with E-state index in [0.29, 0.717) is 39.9 Å². The molecule has 4 aromatic carbocycles. The molecule has 0 aliphatic carbocycles. The van der Waals surface area contributed by atoms with E-state index in [-0.39, 0.29) is 17.9 Å². The molecule has 0 fully saturated rings. The molecule has 0 bridgehead atoms. The van der Waals surface area contributed by atoms with Crippen LogP contribution in [-0.2, 0) is 13.6 Å². The number of halogens is 4. The lowest BCUT2D eigenvalue weighted by Crippen LogP contribution is -2.08. The standard InChI is InChI=1S/C30H18F4N4/c1-37-27-10-9-21(31)11-20(27)12-28(37)17-5-7-18(8-6-17)30-23-4-2-3-19(15-35)29(23)36-38(30)16-24-25(33)13-22(32)14-26(24)34/h2-14H,16H2,1H3. The number of nitriles is 1. The summed E-state index contributed by atoms with van der Waals surface area (Å²) in [5.41, 5.74) is 4.31. The van der Waals surface area contributed by atoms with Crippen molar-refractivity contribution in [3.8, 4) is 28.6 Å². The van der Waals surface area contributed by atoms with E-state index in [1.54, 1.807) is 24.3 Å². The van der Waals surface area contributed by atoms with Crippen LogP contribution in [0.25, 0.3) is 44.3 Å². The highest BCUT2D eigenvalue weighted by Crippen LogP contribution is 2.34. The lowest BCUT2D eigenvalue weighted by atomic mass is 10.0. The van der Waals surface area contributed by atoms with Gasteiger partial charge in [-0.25, -0.2) is 17.6 Å². The Morgan fingerprint density at radius 1 is 0.816 bits per heavy atom. The van der Waals surface area contributed by atoms with Crippen molar-refractivity contribution >= 4 is 21.8 Å². The predicted molar refractivity (Wildman–Crippen MR) is 137 cm³/mol. The molecule has 0 amide bonds. The molecule has 38 heavy (non-hydrogen) atoms. The molecule has 0 saturated carbocycles. The van der Waals surface area contributed by atoms with Gasteiger partial charge >= 0.3 is 0 Å². The van der Waals surface area contributed by atoms with E-state index < -0.39 is 17.5 Å². The maximum absolute atomic E-state index is 14.5. The average Bonchev–Trinajstić information content (AvgIpc) is 3.43. The third-order valence-corrected chi connectivity index (χ3v) is 6.76. The lowest BCUT2D eigenvalue weighted by molar-refractivity contribution is 0.510. The van der Waals surface area contributed by atoms with Gasteiger partial charge in [-0.05, 0) is 35.9 Å². The van der Waals surface area contributed by atoms with Crippen molar-refractivity contribution in [1.29, 1.82) is 5.26 Å². The van der Waals surface area contributed by atoms with Gasteiger partial charge in [0.25, 0.3) is 0 Å². The van der Waals surface area contributed by atoms with Crippen molar-refractivity contribution in [1.82, 2.24) is 14.3 Å². The monoisotopic (exact) mass is 510 g/mol. The quantitative estimate of drug-likeness (QED) is 0.233. The average molecular weight is 510 g/mol. The summed E-state index contributed by atoms with van der Waals surface area (Å²) < 4.78 is 59.7. The number of aryl methyl sites for hydroxylation is 1. The smallest absolute Gasteiger partial charge is 0.134 e. The number of hydrogen-bond acceptors (Lipinski definition) is 2. The van der Waals surface area contributed by atoms with Crippen LogP contribution in [0.15, 0.2) is 78.9 Å². The first kappa shape index (κ1) is 23.5. The third-order valence-electron chi connectivity index (χ3n) is 6.76. The highest BCUT2D eigenvalue weighted by molar-refractivity contribution is 5.96. The Hall–Kier alpha value is -4.90. The number of fused-ring (bicyclic) bond motifs is 2. The van der Waals surface area contributed by atoms with Crippen LogP contribution < -0.4 is 0 Å². The zero-order valence-electron chi connectivity index (χ0n) is 20.0. The number of benzene rings is 4. The summed E-state index contributed by atoms with van der Waals surface area (Å²) in [6, 6.07) is 22.6. The van der Waals surface area contributed by atoms with Crippen LogP contribution in [0.5, 0.6) is 0 Å². The molecule has 0 spiro atoms. The first-order valence-electron chi connectivity index (χ1n) is 11.7. The minimum absolute atomic E-state index is 0.302. The summed E-state index contributed by atoms with van der Waals surface area (Å²) in [7, 11) is 1.90. The fraction of sp³-hybridized carbons (Fsp3) is 0.0667. The molecular weight excluding hydrogens is 492 g/mol.